The van der Waals surface area contributed by atoms with Crippen molar-refractivity contribution >= 4 is 29.0 Å². The Labute approximate surface area is 227 Å². The number of fused-ring (bicyclic) bond motifs is 3. The lowest BCUT2D eigenvalue weighted by Gasteiger charge is -2.41. The lowest BCUT2D eigenvalue weighted by Crippen LogP contribution is -2.47. The molecule has 0 bridgehead atoms. The van der Waals surface area contributed by atoms with Crippen molar-refractivity contribution < 1.29 is 14.2 Å². The summed E-state index contributed by atoms with van der Waals surface area (Å²) in [4.78, 5) is 11.5. The van der Waals surface area contributed by atoms with Crippen LogP contribution in [-0.2, 0) is 27.9 Å². The molecule has 3 aliphatic rings. The van der Waals surface area contributed by atoms with E-state index < -0.39 is 0 Å². The highest BCUT2D eigenvalue weighted by atomic mass is 35.5. The van der Waals surface area contributed by atoms with Gasteiger partial charge in [0.25, 0.3) is 5.88 Å². The predicted molar refractivity (Wildman–Crippen MR) is 145 cm³/mol. The summed E-state index contributed by atoms with van der Waals surface area (Å²) in [6.07, 6.45) is 5.71. The van der Waals surface area contributed by atoms with Crippen molar-refractivity contribution in [1.82, 2.24) is 9.97 Å². The fourth-order valence-electron chi connectivity index (χ4n) is 6.09. The summed E-state index contributed by atoms with van der Waals surface area (Å²) in [5.74, 6) is 1.55. The van der Waals surface area contributed by atoms with Crippen LogP contribution in [0.4, 0.5) is 5.82 Å². The third-order valence-electron chi connectivity index (χ3n) is 7.91. The maximum Gasteiger partial charge on any atom is 0.257 e. The van der Waals surface area contributed by atoms with Gasteiger partial charge in [-0.1, -0.05) is 59.6 Å². The molecule has 37 heavy (non-hydrogen) atoms. The molecular formula is C29H31Cl2N3O3. The van der Waals surface area contributed by atoms with Crippen LogP contribution in [0.5, 0.6) is 5.88 Å². The molecular weight excluding hydrogens is 509 g/mol. The fourth-order valence-corrected chi connectivity index (χ4v) is 6.41. The maximum absolute atomic E-state index is 6.36. The number of rotatable bonds is 6. The van der Waals surface area contributed by atoms with Crippen LogP contribution in [0.3, 0.4) is 0 Å². The topological polar surface area (TPSA) is 56.7 Å². The summed E-state index contributed by atoms with van der Waals surface area (Å²) in [5.41, 5.74) is 3.62. The summed E-state index contributed by atoms with van der Waals surface area (Å²) in [5, 5.41) is 1.14. The predicted octanol–water partition coefficient (Wildman–Crippen LogP) is 5.88. The molecule has 3 heterocycles. The lowest BCUT2D eigenvalue weighted by atomic mass is 9.70. The molecule has 0 radical (unpaired) electrons. The van der Waals surface area contributed by atoms with E-state index >= 15 is 0 Å². The van der Waals surface area contributed by atoms with Crippen molar-refractivity contribution in [1.29, 1.82) is 0 Å². The average molecular weight is 540 g/mol. The van der Waals surface area contributed by atoms with Gasteiger partial charge < -0.3 is 19.1 Å². The van der Waals surface area contributed by atoms with Crippen molar-refractivity contribution in [2.24, 2.45) is 5.92 Å². The average Bonchev–Trinajstić information content (AvgIpc) is 3.28. The van der Waals surface area contributed by atoms with Crippen LogP contribution in [0.1, 0.15) is 36.0 Å². The fraction of sp³-hybridized carbons (Fsp3) is 0.448. The Hall–Kier alpha value is -2.38. The maximum atomic E-state index is 6.36. The monoisotopic (exact) mass is 539 g/mol. The zero-order chi connectivity index (χ0) is 25.2. The Balaban J connectivity index is 1.25. The molecule has 3 atom stereocenters. The van der Waals surface area contributed by atoms with Crippen molar-refractivity contribution in [2.75, 3.05) is 37.8 Å². The van der Waals surface area contributed by atoms with E-state index in [-0.39, 0.29) is 11.5 Å². The Bertz CT molecular complexity index is 1240. The minimum atomic E-state index is -0.175. The number of hydrogen-bond acceptors (Lipinski definition) is 6. The van der Waals surface area contributed by atoms with Gasteiger partial charge >= 0.3 is 0 Å². The van der Waals surface area contributed by atoms with E-state index in [4.69, 9.17) is 37.4 Å². The van der Waals surface area contributed by atoms with Gasteiger partial charge in [0, 0.05) is 36.1 Å². The van der Waals surface area contributed by atoms with Gasteiger partial charge in [0.15, 0.2) is 5.82 Å². The van der Waals surface area contributed by atoms with Crippen molar-refractivity contribution in [3.05, 3.63) is 81.6 Å². The summed E-state index contributed by atoms with van der Waals surface area (Å²) >= 11 is 12.7. The van der Waals surface area contributed by atoms with Gasteiger partial charge in [-0.15, -0.1) is 0 Å². The van der Waals surface area contributed by atoms with Crippen molar-refractivity contribution in [3.8, 4) is 5.88 Å². The van der Waals surface area contributed by atoms with Gasteiger partial charge in [0.1, 0.15) is 11.8 Å². The molecule has 0 saturated carbocycles. The molecule has 194 valence electrons. The highest BCUT2D eigenvalue weighted by Crippen LogP contribution is 2.44. The second-order valence-electron chi connectivity index (χ2n) is 10.4. The molecule has 0 amide bonds. The number of aryl methyl sites for hydroxylation is 1. The molecule has 1 aromatic heterocycles. The Kier molecular flexibility index (Phi) is 7.26. The largest absolute Gasteiger partial charge is 0.474 e. The molecule has 1 spiro atoms. The number of anilines is 1. The quantitative estimate of drug-likeness (QED) is 0.390. The first-order valence-electron chi connectivity index (χ1n) is 13.0. The highest BCUT2D eigenvalue weighted by molar-refractivity contribution is 6.30. The number of halogens is 2. The highest BCUT2D eigenvalue weighted by Gasteiger charge is 2.43. The molecule has 8 heteroatoms. The van der Waals surface area contributed by atoms with Crippen LogP contribution < -0.4 is 9.64 Å². The summed E-state index contributed by atoms with van der Waals surface area (Å²) in [6.45, 7) is 3.97. The second kappa shape index (κ2) is 10.8. The second-order valence-corrected chi connectivity index (χ2v) is 11.2. The molecule has 1 saturated heterocycles. The minimum absolute atomic E-state index is 0.0249. The summed E-state index contributed by atoms with van der Waals surface area (Å²) < 4.78 is 18.6. The molecule has 3 aromatic rings. The zero-order valence-electron chi connectivity index (χ0n) is 20.7. The van der Waals surface area contributed by atoms with Crippen LogP contribution in [0, 0.1) is 5.92 Å². The molecule has 1 fully saturated rings. The first-order chi connectivity index (χ1) is 18.1. The van der Waals surface area contributed by atoms with Crippen LogP contribution in [0.25, 0.3) is 0 Å². The molecule has 2 aliphatic heterocycles. The first-order valence-corrected chi connectivity index (χ1v) is 13.8. The summed E-state index contributed by atoms with van der Waals surface area (Å²) in [6, 6.07) is 16.5. The SMILES string of the molecule is Clc1ccc2c(c1)CCC[C@]21COc2ncc(Cl)nc2N(C[C@@H]2CCO[C@H]2COCc2ccccc2)C1. The van der Waals surface area contributed by atoms with E-state index in [0.717, 1.165) is 50.4 Å². The van der Waals surface area contributed by atoms with Gasteiger partial charge in [-0.05, 0) is 54.5 Å². The van der Waals surface area contributed by atoms with Crippen molar-refractivity contribution in [3.63, 3.8) is 0 Å². The van der Waals surface area contributed by atoms with E-state index in [1.807, 2.05) is 24.3 Å². The number of benzene rings is 2. The van der Waals surface area contributed by atoms with Gasteiger partial charge in [-0.3, -0.25) is 0 Å². The molecule has 1 aliphatic carbocycles. The third-order valence-corrected chi connectivity index (χ3v) is 8.32. The molecule has 2 aromatic carbocycles. The zero-order valence-corrected chi connectivity index (χ0v) is 22.3. The Morgan fingerprint density at radius 1 is 1.14 bits per heavy atom. The van der Waals surface area contributed by atoms with Gasteiger partial charge in [-0.2, -0.15) is 0 Å². The first kappa shape index (κ1) is 24.9. The minimum Gasteiger partial charge on any atom is -0.474 e. The molecule has 0 N–H and O–H groups in total. The number of aromatic nitrogens is 2. The van der Waals surface area contributed by atoms with E-state index in [9.17, 15) is 0 Å². The standard InChI is InChI=1S/C29H31Cl2N3O3/c30-23-8-9-24-21(13-23)7-4-11-29(24)18-34(27-28(37-19-29)32-14-26(31)33-27)15-22-10-12-36-25(22)17-35-16-20-5-2-1-3-6-20/h1-3,5-6,8-9,13-14,22,25H,4,7,10-12,15-19H2/t22-,25-,29-/m0/s1. The lowest BCUT2D eigenvalue weighted by molar-refractivity contribution is -0.00353. The van der Waals surface area contributed by atoms with E-state index in [1.165, 1.54) is 16.7 Å². The van der Waals surface area contributed by atoms with Crippen LogP contribution >= 0.6 is 23.2 Å². The normalized spacial score (nSPS) is 24.9. The Morgan fingerprint density at radius 3 is 2.92 bits per heavy atom. The van der Waals surface area contributed by atoms with Crippen LogP contribution in [0.15, 0.2) is 54.7 Å². The third kappa shape index (κ3) is 5.30. The van der Waals surface area contributed by atoms with E-state index in [0.29, 0.717) is 42.6 Å². The molecule has 0 unspecified atom stereocenters. The number of ether oxygens (including phenoxy) is 3. The number of hydrogen-bond donors (Lipinski definition) is 0. The van der Waals surface area contributed by atoms with Crippen molar-refractivity contribution in [2.45, 2.75) is 43.8 Å². The van der Waals surface area contributed by atoms with Crippen LogP contribution in [-0.4, -0.2) is 49.0 Å². The van der Waals surface area contributed by atoms with Gasteiger partial charge in [-0.25, -0.2) is 9.97 Å². The Morgan fingerprint density at radius 2 is 2.03 bits per heavy atom. The smallest absolute Gasteiger partial charge is 0.257 e. The van der Waals surface area contributed by atoms with Gasteiger partial charge in [0.2, 0.25) is 0 Å². The summed E-state index contributed by atoms with van der Waals surface area (Å²) in [7, 11) is 0. The van der Waals surface area contributed by atoms with Gasteiger partial charge in [0.05, 0.1) is 25.5 Å². The molecule has 6 rings (SSSR count). The van der Waals surface area contributed by atoms with E-state index in [2.05, 4.69) is 39.1 Å². The number of nitrogens with zero attached hydrogens (tertiary/aromatic N) is 3. The van der Waals surface area contributed by atoms with E-state index in [1.54, 1.807) is 6.20 Å². The van der Waals surface area contributed by atoms with Crippen LogP contribution in [0.2, 0.25) is 10.2 Å². The molecule has 6 nitrogen and oxygen atoms in total.